The molecule has 20 heavy (non-hydrogen) atoms. The number of fused-ring (bicyclic) bond motifs is 3. The number of carboxylic acid groups (broad SMARTS) is 1. The first-order valence-corrected chi connectivity index (χ1v) is 6.03. The van der Waals surface area contributed by atoms with Crippen LogP contribution in [0.3, 0.4) is 0 Å². The number of allylic oxidation sites excluding steroid dienone is 4. The van der Waals surface area contributed by atoms with Gasteiger partial charge in [0.2, 0.25) is 0 Å². The third-order valence-electron chi connectivity index (χ3n) is 3.48. The molecule has 0 radical (unpaired) electrons. The molecule has 1 aromatic carbocycles. The predicted molar refractivity (Wildman–Crippen MR) is 72.7 cm³/mol. The lowest BCUT2D eigenvalue weighted by Gasteiger charge is -2.26. The minimum atomic E-state index is -1.21. The minimum absolute atomic E-state index is 0.0103. The zero-order valence-corrected chi connectivity index (χ0v) is 10.3. The zero-order chi connectivity index (χ0) is 14.3. The lowest BCUT2D eigenvalue weighted by atomic mass is 9.80. The van der Waals surface area contributed by atoms with Gasteiger partial charge >= 0.3 is 5.97 Å². The van der Waals surface area contributed by atoms with E-state index in [9.17, 15) is 20.0 Å². The van der Waals surface area contributed by atoms with Crippen molar-refractivity contribution in [2.24, 2.45) is 10.9 Å². The van der Waals surface area contributed by atoms with Crippen molar-refractivity contribution in [2.45, 2.75) is 5.92 Å². The average Bonchev–Trinajstić information content (AvgIpc) is 2.45. The molecule has 100 valence electrons. The average molecular weight is 270 g/mol. The molecule has 1 aliphatic heterocycles. The number of hydrogen-bond acceptors (Lipinski definition) is 4. The molecular weight excluding hydrogens is 260 g/mol. The molecule has 6 heteroatoms. The maximum atomic E-state index is 11.3. The van der Waals surface area contributed by atoms with E-state index in [1.165, 1.54) is 6.07 Å². The highest BCUT2D eigenvalue weighted by atomic mass is 16.6. The number of nitro groups is 1. The lowest BCUT2D eigenvalue weighted by molar-refractivity contribution is -0.384. The summed E-state index contributed by atoms with van der Waals surface area (Å²) >= 11 is 0. The summed E-state index contributed by atoms with van der Waals surface area (Å²) in [7, 11) is 0. The highest BCUT2D eigenvalue weighted by Crippen LogP contribution is 2.42. The van der Waals surface area contributed by atoms with Gasteiger partial charge in [0, 0.05) is 30.2 Å². The Labute approximate surface area is 113 Å². The van der Waals surface area contributed by atoms with Crippen molar-refractivity contribution < 1.29 is 14.8 Å². The Morgan fingerprint density at radius 1 is 1.30 bits per heavy atom. The Balaban J connectivity index is 2.25. The van der Waals surface area contributed by atoms with E-state index in [0.717, 1.165) is 6.07 Å². The van der Waals surface area contributed by atoms with Crippen LogP contribution in [0.25, 0.3) is 0 Å². The van der Waals surface area contributed by atoms with Crippen LogP contribution in [-0.4, -0.2) is 22.2 Å². The van der Waals surface area contributed by atoms with Gasteiger partial charge in [0.25, 0.3) is 5.69 Å². The van der Waals surface area contributed by atoms with Gasteiger partial charge in [0.15, 0.2) is 0 Å². The van der Waals surface area contributed by atoms with Gasteiger partial charge in [-0.15, -0.1) is 0 Å². The van der Waals surface area contributed by atoms with Gasteiger partial charge in [-0.25, -0.2) is 4.79 Å². The highest BCUT2D eigenvalue weighted by Gasteiger charge is 2.30. The van der Waals surface area contributed by atoms with E-state index in [1.54, 1.807) is 6.21 Å². The maximum absolute atomic E-state index is 11.3. The van der Waals surface area contributed by atoms with Gasteiger partial charge in [-0.1, -0.05) is 24.3 Å². The van der Waals surface area contributed by atoms with Gasteiger partial charge in [-0.3, -0.25) is 15.1 Å². The van der Waals surface area contributed by atoms with E-state index >= 15 is 0 Å². The van der Waals surface area contributed by atoms with Crippen LogP contribution >= 0.6 is 0 Å². The number of rotatable bonds is 2. The second-order valence-corrected chi connectivity index (χ2v) is 4.64. The molecule has 2 unspecified atom stereocenters. The summed E-state index contributed by atoms with van der Waals surface area (Å²) < 4.78 is 0. The largest absolute Gasteiger partial charge is 0.478 e. The van der Waals surface area contributed by atoms with E-state index in [0.29, 0.717) is 11.3 Å². The van der Waals surface area contributed by atoms with Crippen molar-refractivity contribution in [3.63, 3.8) is 0 Å². The lowest BCUT2D eigenvalue weighted by Crippen LogP contribution is -2.17. The molecule has 0 aromatic heterocycles. The van der Waals surface area contributed by atoms with Crippen LogP contribution in [0.4, 0.5) is 11.4 Å². The number of non-ortho nitro benzene ring substituents is 1. The van der Waals surface area contributed by atoms with Crippen LogP contribution in [0.15, 0.2) is 41.4 Å². The maximum Gasteiger partial charge on any atom is 0.338 e. The molecule has 0 amide bonds. The molecular formula is C14H10N2O4. The summed E-state index contributed by atoms with van der Waals surface area (Å²) in [6.07, 6.45) is 9.27. The van der Waals surface area contributed by atoms with E-state index in [2.05, 4.69) is 4.99 Å². The Hall–Kier alpha value is -2.76. The summed E-state index contributed by atoms with van der Waals surface area (Å²) in [5.74, 6) is -1.31. The molecule has 0 saturated carbocycles. The first-order valence-electron chi connectivity index (χ1n) is 6.03. The van der Waals surface area contributed by atoms with Crippen molar-refractivity contribution in [2.75, 3.05) is 0 Å². The van der Waals surface area contributed by atoms with Crippen LogP contribution in [0, 0.1) is 16.0 Å². The molecule has 1 N–H and O–H groups in total. The number of carboxylic acids is 1. The number of aromatic carboxylic acids is 1. The fourth-order valence-electron chi connectivity index (χ4n) is 2.55. The molecule has 2 aliphatic rings. The number of benzene rings is 1. The molecule has 0 bridgehead atoms. The smallest absolute Gasteiger partial charge is 0.338 e. The summed E-state index contributed by atoms with van der Waals surface area (Å²) in [6, 6.07) is 2.47. The monoisotopic (exact) mass is 270 g/mol. The second kappa shape index (κ2) is 4.41. The highest BCUT2D eigenvalue weighted by molar-refractivity contribution is 5.97. The zero-order valence-electron chi connectivity index (χ0n) is 10.3. The number of carbonyl (C=O) groups is 1. The summed E-state index contributed by atoms with van der Waals surface area (Å²) in [5, 5.41) is 20.2. The standard InChI is InChI=1S/C14H10N2O4/c17-14(18)12-6-9(16(19)20)5-11-10-4-2-1-3-8(10)7-15-13(11)12/h1-8,10H,(H,17,18). The third-order valence-corrected chi connectivity index (χ3v) is 3.48. The van der Waals surface area contributed by atoms with Crippen LogP contribution in [0.1, 0.15) is 21.8 Å². The van der Waals surface area contributed by atoms with Crippen molar-refractivity contribution in [1.82, 2.24) is 0 Å². The molecule has 0 fully saturated rings. The minimum Gasteiger partial charge on any atom is -0.478 e. The van der Waals surface area contributed by atoms with E-state index in [1.807, 2.05) is 24.3 Å². The summed E-state index contributed by atoms with van der Waals surface area (Å²) in [5.41, 5.74) is 0.542. The number of nitro benzene ring substituents is 1. The summed E-state index contributed by atoms with van der Waals surface area (Å²) in [4.78, 5) is 25.8. The van der Waals surface area contributed by atoms with Gasteiger partial charge in [-0.05, 0) is 5.56 Å². The van der Waals surface area contributed by atoms with Crippen LogP contribution < -0.4 is 0 Å². The van der Waals surface area contributed by atoms with Crippen molar-refractivity contribution in [3.05, 3.63) is 57.7 Å². The first-order chi connectivity index (χ1) is 9.58. The normalized spacial score (nSPS) is 22.2. The van der Waals surface area contributed by atoms with E-state index in [-0.39, 0.29) is 23.1 Å². The molecule has 0 saturated heterocycles. The molecule has 3 rings (SSSR count). The quantitative estimate of drug-likeness (QED) is 0.660. The van der Waals surface area contributed by atoms with Crippen molar-refractivity contribution in [3.8, 4) is 0 Å². The Morgan fingerprint density at radius 3 is 2.75 bits per heavy atom. The first kappa shape index (κ1) is 12.3. The Kier molecular flexibility index (Phi) is 2.71. The molecule has 1 heterocycles. The van der Waals surface area contributed by atoms with Crippen LogP contribution in [0.2, 0.25) is 0 Å². The van der Waals surface area contributed by atoms with Crippen LogP contribution in [0.5, 0.6) is 0 Å². The third kappa shape index (κ3) is 1.82. The fraction of sp³-hybridized carbons (Fsp3) is 0.143. The molecule has 1 aliphatic carbocycles. The number of nitrogens with zero attached hydrogens (tertiary/aromatic N) is 2. The molecule has 1 aromatic rings. The fourth-order valence-corrected chi connectivity index (χ4v) is 2.55. The SMILES string of the molecule is O=C(O)c1cc([N+](=O)[O-])cc2c1N=CC1C=CC=CC21. The summed E-state index contributed by atoms with van der Waals surface area (Å²) in [6.45, 7) is 0. The van der Waals surface area contributed by atoms with E-state index < -0.39 is 10.9 Å². The number of aliphatic imine (C=N–C) groups is 1. The van der Waals surface area contributed by atoms with Crippen molar-refractivity contribution >= 4 is 23.6 Å². The van der Waals surface area contributed by atoms with Gasteiger partial charge < -0.3 is 5.11 Å². The van der Waals surface area contributed by atoms with E-state index in [4.69, 9.17) is 0 Å². The Bertz CT molecular complexity index is 703. The number of hydrogen-bond donors (Lipinski definition) is 1. The van der Waals surface area contributed by atoms with Crippen molar-refractivity contribution in [1.29, 1.82) is 0 Å². The Morgan fingerprint density at radius 2 is 2.05 bits per heavy atom. The second-order valence-electron chi connectivity index (χ2n) is 4.64. The van der Waals surface area contributed by atoms with Crippen LogP contribution in [-0.2, 0) is 0 Å². The molecule has 0 spiro atoms. The molecule has 6 nitrogen and oxygen atoms in total. The topological polar surface area (TPSA) is 92.8 Å². The van der Waals surface area contributed by atoms with Gasteiger partial charge in [-0.2, -0.15) is 0 Å². The molecule has 2 atom stereocenters. The van der Waals surface area contributed by atoms with Gasteiger partial charge in [0.05, 0.1) is 16.2 Å². The van der Waals surface area contributed by atoms with Gasteiger partial charge in [0.1, 0.15) is 0 Å². The predicted octanol–water partition coefficient (Wildman–Crippen LogP) is 2.83.